The fourth-order valence-electron chi connectivity index (χ4n) is 5.77. The number of halogens is 2. The van der Waals surface area contributed by atoms with Crippen molar-refractivity contribution in [2.75, 3.05) is 18.4 Å². The van der Waals surface area contributed by atoms with Gasteiger partial charge in [-0.25, -0.2) is 13.5 Å². The Labute approximate surface area is 255 Å². The third-order valence-electron chi connectivity index (χ3n) is 8.17. The van der Waals surface area contributed by atoms with Gasteiger partial charge in [-0.3, -0.25) is 9.69 Å². The Kier molecular flexibility index (Phi) is 7.90. The number of para-hydroxylation sites is 1. The summed E-state index contributed by atoms with van der Waals surface area (Å²) in [6.45, 7) is 11.5. The topological polar surface area (TPSA) is 68.0 Å². The monoisotopic (exact) mass is 594 g/mol. The molecule has 3 heterocycles. The van der Waals surface area contributed by atoms with Crippen LogP contribution < -0.4 is 10.9 Å². The Morgan fingerprint density at radius 1 is 0.955 bits per heavy atom. The van der Waals surface area contributed by atoms with Gasteiger partial charge >= 0.3 is 0 Å². The summed E-state index contributed by atoms with van der Waals surface area (Å²) in [5.74, 6) is -0.486. The molecule has 1 N–H and O–H groups in total. The number of aromatic nitrogens is 4. The van der Waals surface area contributed by atoms with Crippen LogP contribution >= 0.6 is 0 Å². The van der Waals surface area contributed by atoms with Gasteiger partial charge in [-0.15, -0.1) is 0 Å². The highest BCUT2D eigenvalue weighted by molar-refractivity contribution is 5.87. The summed E-state index contributed by atoms with van der Waals surface area (Å²) in [7, 11) is 0. The number of hydrogen-bond acceptors (Lipinski definition) is 5. The lowest BCUT2D eigenvalue weighted by Crippen LogP contribution is -2.46. The van der Waals surface area contributed by atoms with Gasteiger partial charge in [0.15, 0.2) is 0 Å². The van der Waals surface area contributed by atoms with Crippen LogP contribution in [-0.2, 0) is 13.1 Å². The van der Waals surface area contributed by atoms with E-state index in [1.807, 2.05) is 41.9 Å². The number of rotatable bonds is 7. The molecular formula is C35H36F2N6O. The van der Waals surface area contributed by atoms with E-state index >= 15 is 4.39 Å². The van der Waals surface area contributed by atoms with Gasteiger partial charge in [-0.05, 0) is 63.1 Å². The normalized spacial score (nSPS) is 14.8. The summed E-state index contributed by atoms with van der Waals surface area (Å²) in [6, 6.07) is 24.5. The van der Waals surface area contributed by atoms with Crippen LogP contribution in [0.2, 0.25) is 0 Å². The SMILES string of the molecule is Cc1ccccc1-n1nc(-c2c(-c3ccc(F)cc3F)nn3c2NCC(CN(Cc2ccccc2)C(C)(C)C)C3)ccc1=O. The predicted octanol–water partition coefficient (Wildman–Crippen LogP) is 6.69. The third kappa shape index (κ3) is 5.92. The molecule has 0 saturated carbocycles. The van der Waals surface area contributed by atoms with E-state index in [4.69, 9.17) is 10.2 Å². The number of fused-ring (bicyclic) bond motifs is 1. The number of hydrogen-bond donors (Lipinski definition) is 1. The largest absolute Gasteiger partial charge is 0.369 e. The standard InChI is InChI=1S/C35H36F2N6O/c1-23-10-8-9-13-30(23)43-31(44)17-16-29(39-43)32-33(27-15-14-26(36)18-28(27)37)40-42-22-25(19-38-34(32)42)21-41(35(2,3)4)20-24-11-6-5-7-12-24/h5-18,25,38H,19-22H2,1-4H3. The Morgan fingerprint density at radius 2 is 1.70 bits per heavy atom. The van der Waals surface area contributed by atoms with E-state index in [9.17, 15) is 9.18 Å². The van der Waals surface area contributed by atoms with Gasteiger partial charge in [0.25, 0.3) is 5.56 Å². The summed E-state index contributed by atoms with van der Waals surface area (Å²) in [5, 5.41) is 13.2. The minimum Gasteiger partial charge on any atom is -0.369 e. The lowest BCUT2D eigenvalue weighted by molar-refractivity contribution is 0.0999. The molecule has 2 aromatic heterocycles. The molecule has 9 heteroatoms. The van der Waals surface area contributed by atoms with Gasteiger partial charge in [0.1, 0.15) is 23.1 Å². The highest BCUT2D eigenvalue weighted by Crippen LogP contribution is 2.40. The van der Waals surface area contributed by atoms with Gasteiger partial charge in [0.2, 0.25) is 0 Å². The molecule has 5 aromatic rings. The van der Waals surface area contributed by atoms with Crippen LogP contribution in [-0.4, -0.2) is 43.1 Å². The first-order valence-corrected chi connectivity index (χ1v) is 14.8. The molecule has 0 amide bonds. The van der Waals surface area contributed by atoms with E-state index < -0.39 is 11.6 Å². The van der Waals surface area contributed by atoms with Crippen LogP contribution in [0.5, 0.6) is 0 Å². The Hall–Kier alpha value is -4.63. The third-order valence-corrected chi connectivity index (χ3v) is 8.17. The molecule has 0 saturated heterocycles. The molecule has 44 heavy (non-hydrogen) atoms. The quantitative estimate of drug-likeness (QED) is 0.227. The van der Waals surface area contributed by atoms with Crippen molar-refractivity contribution in [2.24, 2.45) is 5.92 Å². The summed E-state index contributed by atoms with van der Waals surface area (Å²) < 4.78 is 32.4. The predicted molar refractivity (Wildman–Crippen MR) is 170 cm³/mol. The number of aryl methyl sites for hydroxylation is 1. The maximum Gasteiger partial charge on any atom is 0.271 e. The summed E-state index contributed by atoms with van der Waals surface area (Å²) in [6.07, 6.45) is 0. The van der Waals surface area contributed by atoms with Crippen molar-refractivity contribution in [3.8, 4) is 28.2 Å². The van der Waals surface area contributed by atoms with Crippen molar-refractivity contribution in [2.45, 2.75) is 46.3 Å². The average Bonchev–Trinajstić information content (AvgIpc) is 3.36. The second kappa shape index (κ2) is 11.8. The van der Waals surface area contributed by atoms with Crippen LogP contribution in [0.3, 0.4) is 0 Å². The molecule has 3 aromatic carbocycles. The van der Waals surface area contributed by atoms with Crippen LogP contribution in [0, 0.1) is 24.5 Å². The van der Waals surface area contributed by atoms with Crippen molar-refractivity contribution >= 4 is 5.82 Å². The smallest absolute Gasteiger partial charge is 0.271 e. The van der Waals surface area contributed by atoms with Crippen molar-refractivity contribution in [3.63, 3.8) is 0 Å². The van der Waals surface area contributed by atoms with Gasteiger partial charge in [-0.1, -0.05) is 48.5 Å². The number of nitrogens with one attached hydrogen (secondary N) is 1. The maximum absolute atomic E-state index is 15.3. The Balaban J connectivity index is 1.41. The molecule has 1 aliphatic heterocycles. The molecule has 1 atom stereocenters. The molecule has 0 radical (unpaired) electrons. The fraction of sp³-hybridized carbons (Fsp3) is 0.286. The Morgan fingerprint density at radius 3 is 2.43 bits per heavy atom. The van der Waals surface area contributed by atoms with Gasteiger partial charge in [0.05, 0.1) is 16.9 Å². The zero-order valence-electron chi connectivity index (χ0n) is 25.4. The molecule has 0 aliphatic carbocycles. The highest BCUT2D eigenvalue weighted by Gasteiger charge is 2.32. The molecule has 0 bridgehead atoms. The lowest BCUT2D eigenvalue weighted by atomic mass is 9.99. The molecule has 7 nitrogen and oxygen atoms in total. The number of anilines is 1. The summed E-state index contributed by atoms with van der Waals surface area (Å²) in [4.78, 5) is 15.4. The molecule has 1 aliphatic rings. The van der Waals surface area contributed by atoms with E-state index in [0.29, 0.717) is 41.5 Å². The van der Waals surface area contributed by atoms with Gasteiger partial charge in [-0.2, -0.15) is 14.9 Å². The van der Waals surface area contributed by atoms with E-state index in [-0.39, 0.29) is 22.6 Å². The zero-order valence-corrected chi connectivity index (χ0v) is 25.4. The van der Waals surface area contributed by atoms with E-state index in [1.165, 1.54) is 28.4 Å². The average molecular weight is 595 g/mol. The van der Waals surface area contributed by atoms with E-state index in [1.54, 1.807) is 6.07 Å². The van der Waals surface area contributed by atoms with E-state index in [2.05, 4.69) is 55.3 Å². The molecule has 226 valence electrons. The molecule has 0 fully saturated rings. The maximum atomic E-state index is 15.3. The fourth-order valence-corrected chi connectivity index (χ4v) is 5.77. The minimum atomic E-state index is -0.716. The van der Waals surface area contributed by atoms with Crippen LogP contribution in [0.25, 0.3) is 28.2 Å². The number of nitrogens with zero attached hydrogens (tertiary/aromatic N) is 5. The van der Waals surface area contributed by atoms with Crippen molar-refractivity contribution in [1.29, 1.82) is 0 Å². The van der Waals surface area contributed by atoms with Crippen LogP contribution in [0.4, 0.5) is 14.6 Å². The second-order valence-electron chi connectivity index (χ2n) is 12.4. The van der Waals surface area contributed by atoms with Crippen molar-refractivity contribution < 1.29 is 8.78 Å². The van der Waals surface area contributed by atoms with Crippen LogP contribution in [0.1, 0.15) is 31.9 Å². The molecule has 0 spiro atoms. The van der Waals surface area contributed by atoms with Gasteiger partial charge in [0, 0.05) is 55.3 Å². The summed E-state index contributed by atoms with van der Waals surface area (Å²) in [5.41, 5.74) is 3.96. The number of benzene rings is 3. The minimum absolute atomic E-state index is 0.0685. The molecular weight excluding hydrogens is 558 g/mol. The van der Waals surface area contributed by atoms with E-state index in [0.717, 1.165) is 24.7 Å². The second-order valence-corrected chi connectivity index (χ2v) is 12.4. The lowest BCUT2D eigenvalue weighted by Gasteiger charge is -2.39. The first kappa shape index (κ1) is 29.4. The van der Waals surface area contributed by atoms with Crippen molar-refractivity contribution in [1.82, 2.24) is 24.5 Å². The molecule has 6 rings (SSSR count). The zero-order chi connectivity index (χ0) is 31.0. The van der Waals surface area contributed by atoms with Crippen molar-refractivity contribution in [3.05, 3.63) is 118 Å². The Bertz CT molecular complexity index is 1860. The van der Waals surface area contributed by atoms with Gasteiger partial charge < -0.3 is 5.32 Å². The first-order valence-electron chi connectivity index (χ1n) is 14.8. The highest BCUT2D eigenvalue weighted by atomic mass is 19.1. The first-order chi connectivity index (χ1) is 21.1. The van der Waals surface area contributed by atoms with Crippen LogP contribution in [0.15, 0.2) is 89.7 Å². The molecule has 1 unspecified atom stereocenters. The summed E-state index contributed by atoms with van der Waals surface area (Å²) >= 11 is 0.